The lowest BCUT2D eigenvalue weighted by atomic mass is 10.1. The van der Waals surface area contributed by atoms with Gasteiger partial charge in [-0.1, -0.05) is 23.7 Å². The van der Waals surface area contributed by atoms with Crippen LogP contribution in [-0.4, -0.2) is 31.9 Å². The van der Waals surface area contributed by atoms with Crippen molar-refractivity contribution in [2.45, 2.75) is 13.0 Å². The van der Waals surface area contributed by atoms with Crippen LogP contribution in [-0.2, 0) is 4.74 Å². The van der Waals surface area contributed by atoms with Crippen molar-refractivity contribution >= 4 is 17.3 Å². The predicted molar refractivity (Wildman–Crippen MR) is 76.4 cm³/mol. The van der Waals surface area contributed by atoms with E-state index in [0.29, 0.717) is 18.2 Å². The van der Waals surface area contributed by atoms with Crippen molar-refractivity contribution < 1.29 is 9.84 Å². The van der Waals surface area contributed by atoms with E-state index in [4.69, 9.17) is 16.3 Å². The molecule has 1 N–H and O–H groups in total. The second-order valence-electron chi connectivity index (χ2n) is 4.11. The van der Waals surface area contributed by atoms with Crippen molar-refractivity contribution in [3.63, 3.8) is 0 Å². The molecule has 0 aliphatic heterocycles. The number of hydrogen-bond acceptors (Lipinski definition) is 3. The zero-order valence-corrected chi connectivity index (χ0v) is 11.7. The second kappa shape index (κ2) is 7.41. The van der Waals surface area contributed by atoms with Gasteiger partial charge in [0.1, 0.15) is 0 Å². The number of ether oxygens (including phenoxy) is 1. The zero-order chi connectivity index (χ0) is 13.5. The zero-order valence-electron chi connectivity index (χ0n) is 10.9. The smallest absolute Gasteiger partial charge is 0.0762 e. The Hall–Kier alpha value is -1.03. The summed E-state index contributed by atoms with van der Waals surface area (Å²) in [4.78, 5) is 2.09. The average molecular weight is 270 g/mol. The van der Waals surface area contributed by atoms with Crippen LogP contribution in [0.2, 0.25) is 5.02 Å². The van der Waals surface area contributed by atoms with Gasteiger partial charge in [-0.2, -0.15) is 0 Å². The van der Waals surface area contributed by atoms with Gasteiger partial charge in [-0.25, -0.2) is 0 Å². The summed E-state index contributed by atoms with van der Waals surface area (Å²) in [5, 5.41) is 10.1. The van der Waals surface area contributed by atoms with Crippen molar-refractivity contribution in [3.05, 3.63) is 41.4 Å². The Labute approximate surface area is 114 Å². The first-order valence-corrected chi connectivity index (χ1v) is 6.30. The van der Waals surface area contributed by atoms with Gasteiger partial charge in [0, 0.05) is 20.2 Å². The quantitative estimate of drug-likeness (QED) is 0.773. The van der Waals surface area contributed by atoms with Crippen LogP contribution >= 0.6 is 11.6 Å². The summed E-state index contributed by atoms with van der Waals surface area (Å²) in [6.07, 6.45) is 1.32. The van der Waals surface area contributed by atoms with Gasteiger partial charge in [-0.05, 0) is 24.6 Å². The van der Waals surface area contributed by atoms with Gasteiger partial charge < -0.3 is 14.7 Å². The van der Waals surface area contributed by atoms with Gasteiger partial charge in [0.05, 0.1) is 23.4 Å². The molecule has 100 valence electrons. The SMILES string of the molecule is C=CCN(CCOC)c1ccc([C@@H](C)O)cc1Cl. The monoisotopic (exact) mass is 269 g/mol. The van der Waals surface area contributed by atoms with Crippen LogP contribution in [0.1, 0.15) is 18.6 Å². The maximum Gasteiger partial charge on any atom is 0.0762 e. The molecule has 1 aromatic carbocycles. The molecule has 0 spiro atoms. The lowest BCUT2D eigenvalue weighted by Crippen LogP contribution is -2.27. The number of benzene rings is 1. The summed E-state index contributed by atoms with van der Waals surface area (Å²) in [7, 11) is 1.67. The maximum absolute atomic E-state index is 9.51. The van der Waals surface area contributed by atoms with Gasteiger partial charge in [0.25, 0.3) is 0 Å². The first-order chi connectivity index (χ1) is 8.60. The summed E-state index contributed by atoms with van der Waals surface area (Å²) in [5.41, 5.74) is 1.74. The number of methoxy groups -OCH3 is 1. The van der Waals surface area contributed by atoms with Gasteiger partial charge in [0.15, 0.2) is 0 Å². The van der Waals surface area contributed by atoms with Gasteiger partial charge in [-0.15, -0.1) is 6.58 Å². The number of anilines is 1. The fourth-order valence-corrected chi connectivity index (χ4v) is 2.02. The van der Waals surface area contributed by atoms with E-state index in [9.17, 15) is 5.11 Å². The molecule has 0 heterocycles. The van der Waals surface area contributed by atoms with Crippen molar-refractivity contribution in [1.29, 1.82) is 0 Å². The topological polar surface area (TPSA) is 32.7 Å². The number of nitrogens with zero attached hydrogens (tertiary/aromatic N) is 1. The summed E-state index contributed by atoms with van der Waals surface area (Å²) >= 11 is 6.25. The lowest BCUT2D eigenvalue weighted by molar-refractivity contribution is 0.199. The first kappa shape index (κ1) is 15.0. The molecular formula is C14H20ClNO2. The molecule has 1 rings (SSSR count). The van der Waals surface area contributed by atoms with E-state index in [0.717, 1.165) is 17.8 Å². The van der Waals surface area contributed by atoms with E-state index < -0.39 is 6.10 Å². The molecule has 18 heavy (non-hydrogen) atoms. The highest BCUT2D eigenvalue weighted by atomic mass is 35.5. The minimum atomic E-state index is -0.511. The fourth-order valence-electron chi connectivity index (χ4n) is 1.71. The van der Waals surface area contributed by atoms with Crippen molar-refractivity contribution in [2.75, 3.05) is 31.7 Å². The molecule has 1 atom stereocenters. The Kier molecular flexibility index (Phi) is 6.19. The average Bonchev–Trinajstić information content (AvgIpc) is 2.34. The molecule has 0 fully saturated rings. The summed E-state index contributed by atoms with van der Waals surface area (Å²) in [6, 6.07) is 5.60. The highest BCUT2D eigenvalue weighted by Crippen LogP contribution is 2.28. The van der Waals surface area contributed by atoms with Gasteiger partial charge in [-0.3, -0.25) is 0 Å². The first-order valence-electron chi connectivity index (χ1n) is 5.92. The second-order valence-corrected chi connectivity index (χ2v) is 4.52. The highest BCUT2D eigenvalue weighted by molar-refractivity contribution is 6.33. The molecule has 4 heteroatoms. The number of aliphatic hydroxyl groups excluding tert-OH is 1. The lowest BCUT2D eigenvalue weighted by Gasteiger charge is -2.24. The third-order valence-electron chi connectivity index (χ3n) is 2.71. The van der Waals surface area contributed by atoms with E-state index in [1.165, 1.54) is 0 Å². The molecule has 0 aromatic heterocycles. The molecule has 1 aromatic rings. The van der Waals surface area contributed by atoms with Crippen LogP contribution in [0.5, 0.6) is 0 Å². The van der Waals surface area contributed by atoms with Crippen LogP contribution in [0.3, 0.4) is 0 Å². The molecule has 0 unspecified atom stereocenters. The molecule has 0 saturated heterocycles. The molecule has 0 saturated carbocycles. The van der Waals surface area contributed by atoms with E-state index in [2.05, 4.69) is 11.5 Å². The Morgan fingerprint density at radius 2 is 2.28 bits per heavy atom. The van der Waals surface area contributed by atoms with Crippen molar-refractivity contribution in [3.8, 4) is 0 Å². The summed E-state index contributed by atoms with van der Waals surface area (Å²) in [5.74, 6) is 0. The van der Waals surface area contributed by atoms with Crippen LogP contribution in [0, 0.1) is 0 Å². The molecule has 3 nitrogen and oxygen atoms in total. The number of hydrogen-bond donors (Lipinski definition) is 1. The van der Waals surface area contributed by atoms with Crippen LogP contribution in [0.4, 0.5) is 5.69 Å². The van der Waals surface area contributed by atoms with Gasteiger partial charge in [0.2, 0.25) is 0 Å². The summed E-state index contributed by atoms with van der Waals surface area (Å²) in [6.45, 7) is 7.54. The fraction of sp³-hybridized carbons (Fsp3) is 0.429. The largest absolute Gasteiger partial charge is 0.389 e. The minimum absolute atomic E-state index is 0.511. The van der Waals surface area contributed by atoms with Crippen LogP contribution in [0.15, 0.2) is 30.9 Å². The van der Waals surface area contributed by atoms with E-state index in [1.54, 1.807) is 20.1 Å². The standard InChI is InChI=1S/C14H20ClNO2/c1-4-7-16(8-9-18-3)14-6-5-12(11(2)17)10-13(14)15/h4-6,10-11,17H,1,7-9H2,2-3H3/t11-/m1/s1. The molecule has 0 amide bonds. The Morgan fingerprint density at radius 3 is 2.78 bits per heavy atom. The number of halogens is 1. The number of rotatable bonds is 7. The molecule has 0 radical (unpaired) electrons. The normalized spacial score (nSPS) is 12.2. The maximum atomic E-state index is 9.51. The predicted octanol–water partition coefficient (Wildman–Crippen LogP) is 3.03. The van der Waals surface area contributed by atoms with Crippen LogP contribution in [0.25, 0.3) is 0 Å². The van der Waals surface area contributed by atoms with E-state index >= 15 is 0 Å². The van der Waals surface area contributed by atoms with E-state index in [1.807, 2.05) is 18.2 Å². The molecule has 0 bridgehead atoms. The van der Waals surface area contributed by atoms with Crippen molar-refractivity contribution in [1.82, 2.24) is 0 Å². The van der Waals surface area contributed by atoms with Crippen molar-refractivity contribution in [2.24, 2.45) is 0 Å². The molecular weight excluding hydrogens is 250 g/mol. The Bertz CT molecular complexity index is 393. The summed E-state index contributed by atoms with van der Waals surface area (Å²) < 4.78 is 5.08. The third kappa shape index (κ3) is 4.02. The van der Waals surface area contributed by atoms with Gasteiger partial charge >= 0.3 is 0 Å². The molecule has 0 aliphatic carbocycles. The Balaban J connectivity index is 2.93. The molecule has 0 aliphatic rings. The van der Waals surface area contributed by atoms with Crippen LogP contribution < -0.4 is 4.90 Å². The van der Waals surface area contributed by atoms with E-state index in [-0.39, 0.29) is 0 Å². The highest BCUT2D eigenvalue weighted by Gasteiger charge is 2.11. The minimum Gasteiger partial charge on any atom is -0.389 e. The Morgan fingerprint density at radius 1 is 1.56 bits per heavy atom. The number of aliphatic hydroxyl groups is 1. The third-order valence-corrected chi connectivity index (χ3v) is 3.01.